The van der Waals surface area contributed by atoms with E-state index in [1.165, 1.54) is 208 Å². The van der Waals surface area contributed by atoms with Gasteiger partial charge in [0.1, 0.15) is 0 Å². The van der Waals surface area contributed by atoms with Crippen LogP contribution in [0.3, 0.4) is 0 Å². The Morgan fingerprint density at radius 3 is 1.10 bits per heavy atom. The summed E-state index contributed by atoms with van der Waals surface area (Å²) in [6.45, 7) is 9.33. The van der Waals surface area contributed by atoms with Gasteiger partial charge in [-0.05, 0) is 254 Å². The van der Waals surface area contributed by atoms with Crippen molar-refractivity contribution in [2.45, 2.75) is 27.7 Å². The normalized spacial score (nSPS) is 12.3. The first-order chi connectivity index (χ1) is 41.4. The van der Waals surface area contributed by atoms with Gasteiger partial charge in [-0.25, -0.2) is 0 Å². The maximum atomic E-state index is 2.46. The zero-order valence-corrected chi connectivity index (χ0v) is 47.2. The van der Waals surface area contributed by atoms with Gasteiger partial charge < -0.3 is 0 Å². The van der Waals surface area contributed by atoms with E-state index in [0.717, 1.165) is 0 Å². The molecule has 0 unspecified atom stereocenters. The molecule has 0 N–H and O–H groups in total. The van der Waals surface area contributed by atoms with E-state index in [1.807, 2.05) is 0 Å². The van der Waals surface area contributed by atoms with Gasteiger partial charge in [0.2, 0.25) is 0 Å². The standard InChI is InChI=1S/C84H54/c1-47-20-11-13-26-56(47)81-65-28-15-16-29-66(65)82(57-27-14-12-21-48(57)2)84-72-43-39-60(63-31-19-35-69(80(63)72)83(81)84)59-38-41-70-76-50(4)77-71-42-40-61(64-32-18-34-68(79(64)71)75(77)49(3)74(76)67-33-17-30-62(59)78(67)70)73-46-54(52-24-9-6-10-25-52)45-55-44-53(36-37-58(55)73)51-22-7-5-8-23-51/h5-46H,1-4H3. The van der Waals surface area contributed by atoms with E-state index in [4.69, 9.17) is 0 Å². The minimum Gasteiger partial charge on any atom is -0.0622 e. The van der Waals surface area contributed by atoms with Crippen molar-refractivity contribution in [3.05, 3.63) is 277 Å². The number of hydrogen-bond donors (Lipinski definition) is 0. The van der Waals surface area contributed by atoms with Crippen molar-refractivity contribution >= 4 is 97.0 Å². The molecule has 0 spiro atoms. The molecule has 0 saturated carbocycles. The molecule has 0 heterocycles. The van der Waals surface area contributed by atoms with Crippen LogP contribution in [-0.2, 0) is 0 Å². The van der Waals surface area contributed by atoms with Crippen LogP contribution in [0.5, 0.6) is 0 Å². The molecule has 0 amide bonds. The molecule has 0 radical (unpaired) electrons. The van der Waals surface area contributed by atoms with Crippen molar-refractivity contribution in [2.75, 3.05) is 0 Å². The maximum Gasteiger partial charge on any atom is -0.000731 e. The van der Waals surface area contributed by atoms with Gasteiger partial charge in [0, 0.05) is 0 Å². The van der Waals surface area contributed by atoms with Gasteiger partial charge in [0.05, 0.1) is 0 Å². The van der Waals surface area contributed by atoms with Crippen molar-refractivity contribution in [3.8, 4) is 89.0 Å². The first-order valence-electron chi connectivity index (χ1n) is 29.7. The summed E-state index contributed by atoms with van der Waals surface area (Å²) in [5.74, 6) is 0. The highest BCUT2D eigenvalue weighted by Crippen LogP contribution is 2.60. The lowest BCUT2D eigenvalue weighted by molar-refractivity contribution is 1.46. The van der Waals surface area contributed by atoms with Crippen LogP contribution in [0.2, 0.25) is 0 Å². The predicted octanol–water partition coefficient (Wildman–Crippen LogP) is 23.8. The molecule has 0 nitrogen and oxygen atoms in total. The summed E-state index contributed by atoms with van der Waals surface area (Å²) in [4.78, 5) is 0. The van der Waals surface area contributed by atoms with E-state index < -0.39 is 0 Å². The Hall–Kier alpha value is -10.4. The molecule has 84 heavy (non-hydrogen) atoms. The number of fused-ring (bicyclic) bond motifs is 11. The quantitative estimate of drug-likeness (QED) is 0.156. The summed E-state index contributed by atoms with van der Waals surface area (Å²) in [6.07, 6.45) is 0. The van der Waals surface area contributed by atoms with Crippen molar-refractivity contribution in [1.82, 2.24) is 0 Å². The Balaban J connectivity index is 0.847. The summed E-state index contributed by atoms with van der Waals surface area (Å²) in [6, 6.07) is 96.4. The predicted molar refractivity (Wildman–Crippen MR) is 362 cm³/mol. The first-order valence-corrected chi connectivity index (χ1v) is 29.7. The maximum absolute atomic E-state index is 2.46. The van der Waals surface area contributed by atoms with Crippen LogP contribution in [0.4, 0.5) is 0 Å². The fourth-order valence-electron chi connectivity index (χ4n) is 16.0. The monoisotopic (exact) mass is 1060 g/mol. The molecule has 0 aliphatic heterocycles. The molecule has 17 aromatic rings. The van der Waals surface area contributed by atoms with Gasteiger partial charge in [0.25, 0.3) is 0 Å². The van der Waals surface area contributed by atoms with Crippen molar-refractivity contribution < 1.29 is 0 Å². The SMILES string of the molecule is Cc1ccccc1-c1c2c(c(-c3ccccc3C)c3ccccc13)-c1ccc(-c3ccc4c5c(C)c6c7ccc(-c8cc(-c9ccccc9)cc9cc(-c%10ccccc%10)ccc89)c8cccc(c6c(C)c5c5cccc3c54)c87)c3cccc-2c13. The van der Waals surface area contributed by atoms with E-state index in [2.05, 4.69) is 282 Å². The summed E-state index contributed by atoms with van der Waals surface area (Å²) < 4.78 is 0. The van der Waals surface area contributed by atoms with Gasteiger partial charge in [-0.15, -0.1) is 0 Å². The minimum absolute atomic E-state index is 1.22. The summed E-state index contributed by atoms with van der Waals surface area (Å²) >= 11 is 0. The molecule has 1 aliphatic rings. The third-order valence-corrected chi connectivity index (χ3v) is 19.5. The molecule has 390 valence electrons. The van der Waals surface area contributed by atoms with Crippen molar-refractivity contribution in [2.24, 2.45) is 0 Å². The molecule has 0 atom stereocenters. The highest BCUT2D eigenvalue weighted by molar-refractivity contribution is 6.42. The molecule has 17 aromatic carbocycles. The van der Waals surface area contributed by atoms with E-state index in [9.17, 15) is 0 Å². The first kappa shape index (κ1) is 47.3. The second-order valence-corrected chi connectivity index (χ2v) is 23.8. The second kappa shape index (κ2) is 17.6. The molecule has 0 saturated heterocycles. The zero-order valence-electron chi connectivity index (χ0n) is 47.2. The Morgan fingerprint density at radius 2 is 0.548 bits per heavy atom. The lowest BCUT2D eigenvalue weighted by Gasteiger charge is -2.22. The van der Waals surface area contributed by atoms with Crippen LogP contribution < -0.4 is 0 Å². The topological polar surface area (TPSA) is 0 Å². The highest BCUT2D eigenvalue weighted by atomic mass is 14.4. The molecule has 0 heteroatoms. The largest absolute Gasteiger partial charge is 0.0622 e. The third kappa shape index (κ3) is 6.38. The van der Waals surface area contributed by atoms with Crippen LogP contribution in [0.1, 0.15) is 22.3 Å². The van der Waals surface area contributed by atoms with Crippen LogP contribution in [-0.4, -0.2) is 0 Å². The molecule has 18 rings (SSSR count). The molecule has 0 bridgehead atoms. The Bertz CT molecular complexity index is 5520. The van der Waals surface area contributed by atoms with Crippen molar-refractivity contribution in [3.63, 3.8) is 0 Å². The Morgan fingerprint density at radius 1 is 0.179 bits per heavy atom. The molecule has 0 fully saturated rings. The second-order valence-electron chi connectivity index (χ2n) is 23.8. The molecule has 0 aromatic heterocycles. The number of aryl methyl sites for hydroxylation is 4. The van der Waals surface area contributed by atoms with Crippen LogP contribution in [0, 0.1) is 27.7 Å². The number of benzene rings is 15. The summed E-state index contributed by atoms with van der Waals surface area (Å²) in [5.41, 5.74) is 25.8. The Kier molecular flexibility index (Phi) is 9.88. The Labute approximate surface area is 487 Å². The van der Waals surface area contributed by atoms with Gasteiger partial charge in [-0.1, -0.05) is 237 Å². The van der Waals surface area contributed by atoms with Gasteiger partial charge in [0.15, 0.2) is 0 Å². The van der Waals surface area contributed by atoms with E-state index in [1.54, 1.807) is 0 Å². The molecular weight excluding hydrogens is 1010 g/mol. The third-order valence-electron chi connectivity index (χ3n) is 19.5. The lowest BCUT2D eigenvalue weighted by Crippen LogP contribution is -1.95. The highest BCUT2D eigenvalue weighted by Gasteiger charge is 2.33. The number of rotatable bonds is 6. The summed E-state index contributed by atoms with van der Waals surface area (Å²) in [7, 11) is 0. The van der Waals surface area contributed by atoms with Crippen LogP contribution in [0.15, 0.2) is 255 Å². The van der Waals surface area contributed by atoms with Crippen LogP contribution >= 0.6 is 0 Å². The van der Waals surface area contributed by atoms with E-state index in [-0.39, 0.29) is 0 Å². The zero-order chi connectivity index (χ0) is 55.6. The van der Waals surface area contributed by atoms with Gasteiger partial charge in [-0.2, -0.15) is 0 Å². The van der Waals surface area contributed by atoms with E-state index in [0.29, 0.717) is 0 Å². The minimum atomic E-state index is 1.22. The van der Waals surface area contributed by atoms with E-state index >= 15 is 0 Å². The lowest BCUT2D eigenvalue weighted by atomic mass is 9.81. The average Bonchev–Trinajstić information content (AvgIpc) is 1.58. The molecule has 1 aliphatic carbocycles. The average molecular weight is 1060 g/mol. The van der Waals surface area contributed by atoms with Crippen LogP contribution in [0.25, 0.3) is 186 Å². The fourth-order valence-corrected chi connectivity index (χ4v) is 16.0. The smallest absolute Gasteiger partial charge is 0.000731 e. The number of hydrogen-bond acceptors (Lipinski definition) is 0. The van der Waals surface area contributed by atoms with Crippen molar-refractivity contribution in [1.29, 1.82) is 0 Å². The van der Waals surface area contributed by atoms with Gasteiger partial charge in [-0.3, -0.25) is 0 Å². The van der Waals surface area contributed by atoms with Gasteiger partial charge >= 0.3 is 0 Å². The molecular formula is C84H54. The summed E-state index contributed by atoms with van der Waals surface area (Å²) in [5, 5.41) is 23.9. The fraction of sp³-hybridized carbons (Fsp3) is 0.0476.